The Kier molecular flexibility index (Phi) is 7.41. The number of carboxylic acids is 1. The molecule has 1 heterocycles. The van der Waals surface area contributed by atoms with Crippen molar-refractivity contribution in [2.45, 2.75) is 46.1 Å². The summed E-state index contributed by atoms with van der Waals surface area (Å²) in [4.78, 5) is 24.1. The lowest BCUT2D eigenvalue weighted by Gasteiger charge is -2.29. The number of methoxy groups -OCH3 is 1. The summed E-state index contributed by atoms with van der Waals surface area (Å²) in [5, 5.41) is 12.4. The third kappa shape index (κ3) is 5.20. The van der Waals surface area contributed by atoms with Crippen LogP contribution in [0.25, 0.3) is 16.7 Å². The smallest absolute Gasteiger partial charge is 0.306 e. The van der Waals surface area contributed by atoms with Gasteiger partial charge in [0, 0.05) is 23.6 Å². The normalized spacial score (nSPS) is 18.4. The first-order valence-electron chi connectivity index (χ1n) is 13.5. The van der Waals surface area contributed by atoms with Crippen LogP contribution in [0.4, 0.5) is 4.39 Å². The minimum atomic E-state index is -0.914. The van der Waals surface area contributed by atoms with E-state index in [2.05, 4.69) is 31.3 Å². The minimum absolute atomic E-state index is 0.0571. The molecule has 40 heavy (non-hydrogen) atoms. The van der Waals surface area contributed by atoms with Crippen LogP contribution in [0.2, 0.25) is 0 Å². The lowest BCUT2D eigenvalue weighted by Crippen LogP contribution is -2.39. The second kappa shape index (κ2) is 10.8. The van der Waals surface area contributed by atoms with Crippen LogP contribution in [-0.4, -0.2) is 30.6 Å². The van der Waals surface area contributed by atoms with Gasteiger partial charge in [-0.15, -0.1) is 0 Å². The van der Waals surface area contributed by atoms with Crippen molar-refractivity contribution in [2.24, 2.45) is 11.3 Å². The van der Waals surface area contributed by atoms with E-state index in [1.807, 2.05) is 12.1 Å². The van der Waals surface area contributed by atoms with Gasteiger partial charge in [-0.05, 0) is 88.5 Å². The molecule has 1 aliphatic heterocycles. The molecule has 3 aromatic carbocycles. The zero-order valence-corrected chi connectivity index (χ0v) is 23.2. The molecule has 0 saturated carbocycles. The average molecular weight is 544 g/mol. The van der Waals surface area contributed by atoms with Crippen LogP contribution >= 0.6 is 0 Å². The predicted molar refractivity (Wildman–Crippen MR) is 152 cm³/mol. The SMILES string of the molecule is COc1ccc(F)c(-c2ccc(COc3ccc4c(c3)C([C@@H](C)C(=O)O)CNC4=O)cc2C2=CCCC2(C)C)c1. The van der Waals surface area contributed by atoms with E-state index in [4.69, 9.17) is 9.47 Å². The van der Waals surface area contributed by atoms with Gasteiger partial charge in [-0.25, -0.2) is 4.39 Å². The molecule has 208 valence electrons. The highest BCUT2D eigenvalue weighted by atomic mass is 19.1. The third-order valence-corrected chi connectivity index (χ3v) is 8.23. The Balaban J connectivity index is 1.48. The maximum Gasteiger partial charge on any atom is 0.306 e. The second-order valence-electron chi connectivity index (χ2n) is 11.2. The number of hydrogen-bond donors (Lipinski definition) is 2. The molecule has 1 amide bonds. The zero-order valence-electron chi connectivity index (χ0n) is 23.2. The van der Waals surface area contributed by atoms with Gasteiger partial charge in [0.25, 0.3) is 5.91 Å². The maximum absolute atomic E-state index is 15.1. The number of carboxylic acid groups (broad SMARTS) is 1. The van der Waals surface area contributed by atoms with Gasteiger partial charge >= 0.3 is 5.97 Å². The highest BCUT2D eigenvalue weighted by Crippen LogP contribution is 2.47. The summed E-state index contributed by atoms with van der Waals surface area (Å²) in [6, 6.07) is 15.9. The van der Waals surface area contributed by atoms with E-state index < -0.39 is 11.9 Å². The fourth-order valence-corrected chi connectivity index (χ4v) is 5.78. The molecule has 0 bridgehead atoms. The summed E-state index contributed by atoms with van der Waals surface area (Å²) in [6.07, 6.45) is 4.21. The number of amides is 1. The number of ether oxygens (including phenoxy) is 2. The predicted octanol–water partition coefficient (Wildman–Crippen LogP) is 6.83. The molecule has 2 N–H and O–H groups in total. The van der Waals surface area contributed by atoms with E-state index in [-0.39, 0.29) is 36.2 Å². The monoisotopic (exact) mass is 543 g/mol. The lowest BCUT2D eigenvalue weighted by atomic mass is 9.79. The lowest BCUT2D eigenvalue weighted by molar-refractivity contribution is -0.141. The first-order valence-corrected chi connectivity index (χ1v) is 13.5. The molecule has 0 radical (unpaired) electrons. The summed E-state index contributed by atoms with van der Waals surface area (Å²) in [5.41, 5.74) is 5.43. The summed E-state index contributed by atoms with van der Waals surface area (Å²) >= 11 is 0. The van der Waals surface area contributed by atoms with Crippen molar-refractivity contribution in [3.8, 4) is 22.6 Å². The van der Waals surface area contributed by atoms with E-state index in [1.54, 1.807) is 44.4 Å². The number of carbonyl (C=O) groups excluding carboxylic acids is 1. The maximum atomic E-state index is 15.1. The summed E-state index contributed by atoms with van der Waals surface area (Å²) < 4.78 is 26.6. The van der Waals surface area contributed by atoms with Crippen LogP contribution < -0.4 is 14.8 Å². The van der Waals surface area contributed by atoms with Gasteiger partial charge < -0.3 is 19.9 Å². The first-order chi connectivity index (χ1) is 19.1. The number of halogens is 1. The van der Waals surface area contributed by atoms with Gasteiger partial charge in [-0.2, -0.15) is 0 Å². The van der Waals surface area contributed by atoms with Crippen molar-refractivity contribution in [2.75, 3.05) is 13.7 Å². The molecule has 5 rings (SSSR count). The van der Waals surface area contributed by atoms with E-state index in [0.717, 1.165) is 29.5 Å². The average Bonchev–Trinajstić information content (AvgIpc) is 3.30. The van der Waals surface area contributed by atoms with Crippen LogP contribution in [0.3, 0.4) is 0 Å². The Bertz CT molecular complexity index is 1510. The highest BCUT2D eigenvalue weighted by Gasteiger charge is 2.33. The first kappa shape index (κ1) is 27.4. The third-order valence-electron chi connectivity index (χ3n) is 8.23. The Morgan fingerprint density at radius 2 is 1.80 bits per heavy atom. The summed E-state index contributed by atoms with van der Waals surface area (Å²) in [6.45, 7) is 6.58. The molecular weight excluding hydrogens is 509 g/mol. The van der Waals surface area contributed by atoms with Crippen molar-refractivity contribution >= 4 is 17.4 Å². The standard InChI is InChI=1S/C33H34FNO5/c1-19(32(37)38)28-17-35-31(36)24-11-8-22(16-25(24)28)40-18-20-7-10-23(27-15-21(39-4)9-12-30(27)34)26(14-20)29-6-5-13-33(29,2)3/h6-12,14-16,19,28H,5,13,17-18H2,1-4H3,(H,35,36)(H,37,38)/t19-,28?/m1/s1. The van der Waals surface area contributed by atoms with Gasteiger partial charge in [0.05, 0.1) is 13.0 Å². The van der Waals surface area contributed by atoms with Crippen LogP contribution in [-0.2, 0) is 11.4 Å². The van der Waals surface area contributed by atoms with Crippen LogP contribution in [0.15, 0.2) is 60.7 Å². The zero-order chi connectivity index (χ0) is 28.6. The molecule has 1 unspecified atom stereocenters. The molecule has 2 aliphatic rings. The van der Waals surface area contributed by atoms with Gasteiger partial charge in [0.1, 0.15) is 23.9 Å². The van der Waals surface area contributed by atoms with Gasteiger partial charge in [-0.1, -0.05) is 39.0 Å². The van der Waals surface area contributed by atoms with Crippen molar-refractivity contribution < 1.29 is 28.6 Å². The fraction of sp³-hybridized carbons (Fsp3) is 0.333. The molecule has 3 aromatic rings. The Morgan fingerprint density at radius 1 is 1.05 bits per heavy atom. The summed E-state index contributed by atoms with van der Waals surface area (Å²) in [7, 11) is 1.57. The van der Waals surface area contributed by atoms with Crippen LogP contribution in [0.5, 0.6) is 11.5 Å². The largest absolute Gasteiger partial charge is 0.497 e. The van der Waals surface area contributed by atoms with E-state index in [9.17, 15) is 14.7 Å². The van der Waals surface area contributed by atoms with E-state index in [1.165, 1.54) is 11.6 Å². The number of nitrogens with one attached hydrogen (secondary N) is 1. The highest BCUT2D eigenvalue weighted by molar-refractivity contribution is 5.97. The molecule has 0 aromatic heterocycles. The number of aliphatic carboxylic acids is 1. The van der Waals surface area contributed by atoms with Crippen molar-refractivity contribution in [1.29, 1.82) is 0 Å². The molecule has 6 nitrogen and oxygen atoms in total. The van der Waals surface area contributed by atoms with E-state index in [0.29, 0.717) is 28.2 Å². The number of benzene rings is 3. The van der Waals surface area contributed by atoms with E-state index >= 15 is 4.39 Å². The quantitative estimate of drug-likeness (QED) is 0.325. The van der Waals surface area contributed by atoms with Crippen LogP contribution in [0.1, 0.15) is 66.6 Å². The Hall–Kier alpha value is -4.13. The number of hydrogen-bond acceptors (Lipinski definition) is 4. The van der Waals surface area contributed by atoms with Crippen molar-refractivity contribution in [1.82, 2.24) is 5.32 Å². The minimum Gasteiger partial charge on any atom is -0.497 e. The summed E-state index contributed by atoms with van der Waals surface area (Å²) in [5.74, 6) is -1.31. The molecule has 2 atom stereocenters. The van der Waals surface area contributed by atoms with Gasteiger partial charge in [-0.3, -0.25) is 9.59 Å². The molecular formula is C33H34FNO5. The topological polar surface area (TPSA) is 84.9 Å². The number of rotatable bonds is 8. The van der Waals surface area contributed by atoms with Crippen LogP contribution in [0, 0.1) is 17.2 Å². The van der Waals surface area contributed by atoms with Gasteiger partial charge in [0.15, 0.2) is 0 Å². The number of allylic oxidation sites excluding steroid dienone is 2. The molecule has 0 fully saturated rings. The van der Waals surface area contributed by atoms with Crippen molar-refractivity contribution in [3.05, 3.63) is 88.7 Å². The molecule has 0 spiro atoms. The molecule has 7 heteroatoms. The Labute approximate surface area is 233 Å². The second-order valence-corrected chi connectivity index (χ2v) is 11.2. The van der Waals surface area contributed by atoms with Gasteiger partial charge in [0.2, 0.25) is 0 Å². The number of fused-ring (bicyclic) bond motifs is 1. The molecule has 1 aliphatic carbocycles. The Morgan fingerprint density at radius 3 is 2.50 bits per heavy atom. The number of carbonyl (C=O) groups is 2. The van der Waals surface area contributed by atoms with Crippen molar-refractivity contribution in [3.63, 3.8) is 0 Å². The molecule has 0 saturated heterocycles. The fourth-order valence-electron chi connectivity index (χ4n) is 5.78.